The number of nitrogen functional groups attached to an aromatic ring is 1. The van der Waals surface area contributed by atoms with Crippen molar-refractivity contribution in [3.05, 3.63) is 30.0 Å². The van der Waals surface area contributed by atoms with E-state index < -0.39 is 0 Å². The summed E-state index contributed by atoms with van der Waals surface area (Å²) in [6, 6.07) is 7.82. The summed E-state index contributed by atoms with van der Waals surface area (Å²) < 4.78 is 5.36. The quantitative estimate of drug-likeness (QED) is 0.853. The van der Waals surface area contributed by atoms with Gasteiger partial charge in [-0.15, -0.1) is 0 Å². The number of aromatic amines is 1. The number of anilines is 1. The first kappa shape index (κ1) is 11.5. The molecule has 4 nitrogen and oxygen atoms in total. The predicted octanol–water partition coefficient (Wildman–Crippen LogP) is 2.79. The molecule has 4 heteroatoms. The molecule has 0 bridgehead atoms. The average molecular weight is 231 g/mol. The molecule has 0 atom stereocenters. The Bertz CT molecular complexity index is 517. The third-order valence-electron chi connectivity index (χ3n) is 2.78. The largest absolute Gasteiger partial charge is 0.496 e. The Morgan fingerprint density at radius 3 is 2.65 bits per heavy atom. The van der Waals surface area contributed by atoms with Gasteiger partial charge in [0, 0.05) is 11.3 Å². The highest BCUT2D eigenvalue weighted by Gasteiger charge is 2.18. The van der Waals surface area contributed by atoms with Gasteiger partial charge in [0.05, 0.1) is 12.7 Å². The molecule has 2 rings (SSSR count). The number of methoxy groups -OCH3 is 1. The fourth-order valence-corrected chi connectivity index (χ4v) is 1.92. The molecule has 0 aliphatic heterocycles. The lowest BCUT2D eigenvalue weighted by Gasteiger charge is -2.11. The van der Waals surface area contributed by atoms with Crippen LogP contribution in [-0.4, -0.2) is 17.3 Å². The van der Waals surface area contributed by atoms with E-state index in [2.05, 4.69) is 24.0 Å². The lowest BCUT2D eigenvalue weighted by atomic mass is 9.98. The molecule has 0 saturated heterocycles. The second-order valence-electron chi connectivity index (χ2n) is 4.25. The van der Waals surface area contributed by atoms with Crippen LogP contribution in [0.4, 0.5) is 5.82 Å². The number of hydrogen-bond acceptors (Lipinski definition) is 3. The van der Waals surface area contributed by atoms with Crippen LogP contribution in [0.1, 0.15) is 25.5 Å². The molecule has 0 saturated carbocycles. The van der Waals surface area contributed by atoms with Crippen molar-refractivity contribution in [3.8, 4) is 16.9 Å². The number of nitrogens with zero attached hydrogens (tertiary/aromatic N) is 1. The highest BCUT2D eigenvalue weighted by Crippen LogP contribution is 2.37. The number of rotatable bonds is 3. The topological polar surface area (TPSA) is 63.9 Å². The molecule has 1 heterocycles. The van der Waals surface area contributed by atoms with Gasteiger partial charge in [-0.25, -0.2) is 0 Å². The number of nitrogens with two attached hydrogens (primary N) is 1. The van der Waals surface area contributed by atoms with Crippen molar-refractivity contribution in [2.45, 2.75) is 19.8 Å². The maximum atomic E-state index is 5.94. The van der Waals surface area contributed by atoms with Crippen LogP contribution in [0.3, 0.4) is 0 Å². The maximum absolute atomic E-state index is 5.94. The summed E-state index contributed by atoms with van der Waals surface area (Å²) in [5, 5.41) is 7.08. The minimum atomic E-state index is 0.333. The maximum Gasteiger partial charge on any atom is 0.153 e. The molecule has 0 fully saturated rings. The lowest BCUT2D eigenvalue weighted by Crippen LogP contribution is -1.95. The van der Waals surface area contributed by atoms with Crippen molar-refractivity contribution in [2.24, 2.45) is 0 Å². The SMILES string of the molecule is COc1ccccc1-c1c(N)n[nH]c1C(C)C. The third-order valence-corrected chi connectivity index (χ3v) is 2.78. The summed E-state index contributed by atoms with van der Waals surface area (Å²) >= 11 is 0. The first-order valence-electron chi connectivity index (χ1n) is 5.62. The number of benzene rings is 1. The van der Waals surface area contributed by atoms with Crippen molar-refractivity contribution in [1.82, 2.24) is 10.2 Å². The van der Waals surface area contributed by atoms with Gasteiger partial charge in [-0.3, -0.25) is 5.10 Å². The Balaban J connectivity index is 2.63. The molecule has 0 amide bonds. The molecule has 17 heavy (non-hydrogen) atoms. The summed E-state index contributed by atoms with van der Waals surface area (Å²) in [6.07, 6.45) is 0. The van der Waals surface area contributed by atoms with Gasteiger partial charge in [-0.05, 0) is 12.0 Å². The summed E-state index contributed by atoms with van der Waals surface area (Å²) in [4.78, 5) is 0. The van der Waals surface area contributed by atoms with E-state index in [1.165, 1.54) is 0 Å². The van der Waals surface area contributed by atoms with Crippen LogP contribution < -0.4 is 10.5 Å². The summed E-state index contributed by atoms with van der Waals surface area (Å²) in [7, 11) is 1.66. The minimum absolute atomic E-state index is 0.333. The molecule has 0 aliphatic carbocycles. The van der Waals surface area contributed by atoms with Crippen molar-refractivity contribution >= 4 is 5.82 Å². The number of aromatic nitrogens is 2. The van der Waals surface area contributed by atoms with Crippen molar-refractivity contribution in [3.63, 3.8) is 0 Å². The summed E-state index contributed by atoms with van der Waals surface area (Å²) in [5.74, 6) is 1.65. The zero-order valence-corrected chi connectivity index (χ0v) is 10.3. The van der Waals surface area contributed by atoms with Gasteiger partial charge in [0.25, 0.3) is 0 Å². The van der Waals surface area contributed by atoms with E-state index in [0.717, 1.165) is 22.6 Å². The molecule has 90 valence electrons. The first-order valence-corrected chi connectivity index (χ1v) is 5.62. The zero-order chi connectivity index (χ0) is 12.4. The molecule has 1 aromatic heterocycles. The van der Waals surface area contributed by atoms with Crippen LogP contribution in [0.2, 0.25) is 0 Å². The van der Waals surface area contributed by atoms with Crippen molar-refractivity contribution in [2.75, 3.05) is 12.8 Å². The molecule has 3 N–H and O–H groups in total. The first-order chi connectivity index (χ1) is 8.15. The Kier molecular flexibility index (Phi) is 3.04. The number of ether oxygens (including phenoxy) is 1. The Labute approximate surface area is 101 Å². The van der Waals surface area contributed by atoms with E-state index in [1.54, 1.807) is 7.11 Å². The van der Waals surface area contributed by atoms with Gasteiger partial charge in [0.15, 0.2) is 5.82 Å². The van der Waals surface area contributed by atoms with E-state index in [-0.39, 0.29) is 0 Å². The van der Waals surface area contributed by atoms with Crippen LogP contribution in [0, 0.1) is 0 Å². The summed E-state index contributed by atoms with van der Waals surface area (Å²) in [6.45, 7) is 4.21. The van der Waals surface area contributed by atoms with Crippen LogP contribution in [-0.2, 0) is 0 Å². The molecule has 2 aromatic rings. The molecule has 0 unspecified atom stereocenters. The normalized spacial score (nSPS) is 10.8. The monoisotopic (exact) mass is 231 g/mol. The fourth-order valence-electron chi connectivity index (χ4n) is 1.92. The molecular formula is C13H17N3O. The molecule has 0 radical (unpaired) electrons. The predicted molar refractivity (Wildman–Crippen MR) is 69.1 cm³/mol. The second-order valence-corrected chi connectivity index (χ2v) is 4.25. The smallest absolute Gasteiger partial charge is 0.153 e. The van der Waals surface area contributed by atoms with Crippen LogP contribution in [0.25, 0.3) is 11.1 Å². The van der Waals surface area contributed by atoms with Crippen LogP contribution in [0.5, 0.6) is 5.75 Å². The summed E-state index contributed by atoms with van der Waals surface area (Å²) in [5.41, 5.74) is 8.89. The highest BCUT2D eigenvalue weighted by atomic mass is 16.5. The van der Waals surface area contributed by atoms with Crippen molar-refractivity contribution < 1.29 is 4.74 Å². The molecule has 0 spiro atoms. The van der Waals surface area contributed by atoms with Gasteiger partial charge in [0.1, 0.15) is 5.75 Å². The van der Waals surface area contributed by atoms with E-state index in [4.69, 9.17) is 10.5 Å². The average Bonchev–Trinajstić information content (AvgIpc) is 2.71. The second kappa shape index (κ2) is 4.49. The zero-order valence-electron chi connectivity index (χ0n) is 10.3. The number of nitrogens with one attached hydrogen (secondary N) is 1. The van der Waals surface area contributed by atoms with Crippen LogP contribution in [0.15, 0.2) is 24.3 Å². The van der Waals surface area contributed by atoms with Gasteiger partial charge < -0.3 is 10.5 Å². The van der Waals surface area contributed by atoms with E-state index in [9.17, 15) is 0 Å². The van der Waals surface area contributed by atoms with Gasteiger partial charge >= 0.3 is 0 Å². The highest BCUT2D eigenvalue weighted by molar-refractivity contribution is 5.80. The molecular weight excluding hydrogens is 214 g/mol. The standard InChI is InChI=1S/C13H17N3O/c1-8(2)12-11(13(14)16-15-12)9-6-4-5-7-10(9)17-3/h4-8H,1-3H3,(H3,14,15,16). The van der Waals surface area contributed by atoms with Gasteiger partial charge in [0.2, 0.25) is 0 Å². The van der Waals surface area contributed by atoms with Crippen molar-refractivity contribution in [1.29, 1.82) is 0 Å². The van der Waals surface area contributed by atoms with E-state index in [0.29, 0.717) is 11.7 Å². The van der Waals surface area contributed by atoms with Crippen LogP contribution >= 0.6 is 0 Å². The Hall–Kier alpha value is -1.97. The lowest BCUT2D eigenvalue weighted by molar-refractivity contribution is 0.416. The number of para-hydroxylation sites is 1. The fraction of sp³-hybridized carbons (Fsp3) is 0.308. The van der Waals surface area contributed by atoms with E-state index in [1.807, 2.05) is 24.3 Å². The molecule has 0 aliphatic rings. The molecule has 1 aromatic carbocycles. The minimum Gasteiger partial charge on any atom is -0.496 e. The third kappa shape index (κ3) is 1.98. The number of H-pyrrole nitrogens is 1. The Morgan fingerprint density at radius 1 is 1.29 bits per heavy atom. The van der Waals surface area contributed by atoms with Gasteiger partial charge in [-0.1, -0.05) is 32.0 Å². The Morgan fingerprint density at radius 2 is 2.00 bits per heavy atom. The van der Waals surface area contributed by atoms with E-state index >= 15 is 0 Å². The number of hydrogen-bond donors (Lipinski definition) is 2. The van der Waals surface area contributed by atoms with Gasteiger partial charge in [-0.2, -0.15) is 5.10 Å².